The normalized spacial score (nSPS) is 19.4. The predicted molar refractivity (Wildman–Crippen MR) is 69.8 cm³/mol. The molecule has 0 aromatic heterocycles. The number of rotatable bonds is 3. The van der Waals surface area contributed by atoms with Gasteiger partial charge in [0.25, 0.3) is 0 Å². The lowest BCUT2D eigenvalue weighted by Crippen LogP contribution is -2.27. The summed E-state index contributed by atoms with van der Waals surface area (Å²) in [6.45, 7) is 2.47. The fourth-order valence-corrected chi connectivity index (χ4v) is 2.00. The Morgan fingerprint density at radius 3 is 2.74 bits per heavy atom. The maximum absolute atomic E-state index is 11.9. The van der Waals surface area contributed by atoms with Gasteiger partial charge in [0.1, 0.15) is 0 Å². The summed E-state index contributed by atoms with van der Waals surface area (Å²) in [4.78, 5) is 23.5. The second-order valence-corrected chi connectivity index (χ2v) is 4.61. The zero-order chi connectivity index (χ0) is 13.7. The molecule has 4 nitrogen and oxygen atoms in total. The van der Waals surface area contributed by atoms with E-state index in [1.165, 1.54) is 0 Å². The van der Waals surface area contributed by atoms with E-state index in [4.69, 9.17) is 9.47 Å². The third kappa shape index (κ3) is 3.56. The van der Waals surface area contributed by atoms with Crippen LogP contribution in [0.25, 0.3) is 0 Å². The molecule has 1 heterocycles. The predicted octanol–water partition coefficient (Wildman–Crippen LogP) is 2.50. The number of aryl methyl sites for hydroxylation is 1. The fourth-order valence-electron chi connectivity index (χ4n) is 2.00. The largest absolute Gasteiger partial charge is 0.463 e. The standard InChI is InChI=1S/C15H18O4/c1-2-11-6-8-12(9-7-11)14(16)19-13-5-3-4-10-18-15(13)17/h6-9,13H,2-5,10H2,1H3. The molecule has 0 spiro atoms. The summed E-state index contributed by atoms with van der Waals surface area (Å²) in [5.74, 6) is -0.900. The molecule has 0 amide bonds. The Morgan fingerprint density at radius 1 is 1.32 bits per heavy atom. The molecule has 1 unspecified atom stereocenters. The van der Waals surface area contributed by atoms with Gasteiger partial charge < -0.3 is 9.47 Å². The highest BCUT2D eigenvalue weighted by atomic mass is 16.6. The van der Waals surface area contributed by atoms with E-state index in [-0.39, 0.29) is 0 Å². The molecule has 4 heteroatoms. The van der Waals surface area contributed by atoms with Gasteiger partial charge in [0, 0.05) is 0 Å². The van der Waals surface area contributed by atoms with Crippen LogP contribution in [0.15, 0.2) is 24.3 Å². The van der Waals surface area contributed by atoms with Gasteiger partial charge >= 0.3 is 11.9 Å². The van der Waals surface area contributed by atoms with E-state index >= 15 is 0 Å². The Labute approximate surface area is 112 Å². The van der Waals surface area contributed by atoms with Crippen LogP contribution in [0, 0.1) is 0 Å². The second kappa shape index (κ2) is 6.36. The van der Waals surface area contributed by atoms with Crippen LogP contribution >= 0.6 is 0 Å². The van der Waals surface area contributed by atoms with Crippen molar-refractivity contribution in [3.8, 4) is 0 Å². The molecule has 0 radical (unpaired) electrons. The molecule has 102 valence electrons. The van der Waals surface area contributed by atoms with Crippen LogP contribution < -0.4 is 0 Å². The number of hydrogen-bond donors (Lipinski definition) is 0. The van der Waals surface area contributed by atoms with E-state index in [0.717, 1.165) is 24.8 Å². The van der Waals surface area contributed by atoms with Crippen molar-refractivity contribution in [2.45, 2.75) is 38.7 Å². The van der Waals surface area contributed by atoms with Gasteiger partial charge in [-0.25, -0.2) is 9.59 Å². The van der Waals surface area contributed by atoms with Crippen molar-refractivity contribution in [2.75, 3.05) is 6.61 Å². The molecule has 0 N–H and O–H groups in total. The van der Waals surface area contributed by atoms with E-state index in [0.29, 0.717) is 18.6 Å². The summed E-state index contributed by atoms with van der Waals surface area (Å²) in [6, 6.07) is 7.23. The minimum absolute atomic E-state index is 0.415. The molecule has 1 fully saturated rings. The number of benzene rings is 1. The van der Waals surface area contributed by atoms with Crippen LogP contribution in [0.5, 0.6) is 0 Å². The maximum Gasteiger partial charge on any atom is 0.347 e. The van der Waals surface area contributed by atoms with Crippen LogP contribution in [0.2, 0.25) is 0 Å². The molecule has 1 aromatic carbocycles. The molecule has 0 saturated carbocycles. The number of hydrogen-bond acceptors (Lipinski definition) is 4. The van der Waals surface area contributed by atoms with Crippen molar-refractivity contribution < 1.29 is 19.1 Å². The monoisotopic (exact) mass is 262 g/mol. The van der Waals surface area contributed by atoms with Crippen LogP contribution in [-0.4, -0.2) is 24.6 Å². The van der Waals surface area contributed by atoms with Gasteiger partial charge in [-0.1, -0.05) is 19.1 Å². The average molecular weight is 262 g/mol. The number of carbonyl (C=O) groups excluding carboxylic acids is 2. The third-order valence-electron chi connectivity index (χ3n) is 3.22. The summed E-state index contributed by atoms with van der Waals surface area (Å²) in [5, 5.41) is 0. The van der Waals surface area contributed by atoms with Crippen molar-refractivity contribution in [1.82, 2.24) is 0 Å². The van der Waals surface area contributed by atoms with Crippen LogP contribution in [0.4, 0.5) is 0 Å². The molecule has 2 rings (SSSR count). The van der Waals surface area contributed by atoms with Crippen LogP contribution in [0.3, 0.4) is 0 Å². The lowest BCUT2D eigenvalue weighted by atomic mass is 10.1. The third-order valence-corrected chi connectivity index (χ3v) is 3.22. The van der Waals surface area contributed by atoms with Gasteiger partial charge in [-0.3, -0.25) is 0 Å². The average Bonchev–Trinajstić information content (AvgIpc) is 2.64. The molecule has 1 aliphatic rings. The van der Waals surface area contributed by atoms with Gasteiger partial charge in [0.05, 0.1) is 12.2 Å². The first kappa shape index (κ1) is 13.6. The number of cyclic esters (lactones) is 1. The van der Waals surface area contributed by atoms with Gasteiger partial charge in [-0.15, -0.1) is 0 Å². The van der Waals surface area contributed by atoms with E-state index in [1.807, 2.05) is 12.1 Å². The molecule has 19 heavy (non-hydrogen) atoms. The summed E-state index contributed by atoms with van der Waals surface area (Å²) in [7, 11) is 0. The Morgan fingerprint density at radius 2 is 2.05 bits per heavy atom. The highest BCUT2D eigenvalue weighted by Gasteiger charge is 2.26. The summed E-state index contributed by atoms with van der Waals surface area (Å²) in [5.41, 5.74) is 1.62. The van der Waals surface area contributed by atoms with E-state index in [1.54, 1.807) is 12.1 Å². The molecule has 1 aromatic rings. The number of carbonyl (C=O) groups is 2. The van der Waals surface area contributed by atoms with E-state index < -0.39 is 18.0 Å². The molecule has 0 aliphatic carbocycles. The lowest BCUT2D eigenvalue weighted by Gasteiger charge is -2.13. The molecule has 1 aliphatic heterocycles. The Balaban J connectivity index is 2.00. The first-order valence-electron chi connectivity index (χ1n) is 6.67. The fraction of sp³-hybridized carbons (Fsp3) is 0.467. The molecular formula is C15H18O4. The molecular weight excluding hydrogens is 244 g/mol. The van der Waals surface area contributed by atoms with E-state index in [9.17, 15) is 9.59 Å². The summed E-state index contributed by atoms with van der Waals surface area (Å²) < 4.78 is 10.2. The van der Waals surface area contributed by atoms with Gasteiger partial charge in [-0.05, 0) is 43.4 Å². The van der Waals surface area contributed by atoms with Crippen molar-refractivity contribution >= 4 is 11.9 Å². The number of ether oxygens (including phenoxy) is 2. The van der Waals surface area contributed by atoms with E-state index in [2.05, 4.69) is 6.92 Å². The number of esters is 2. The molecule has 0 bridgehead atoms. The molecule has 1 atom stereocenters. The second-order valence-electron chi connectivity index (χ2n) is 4.61. The highest BCUT2D eigenvalue weighted by molar-refractivity contribution is 5.91. The van der Waals surface area contributed by atoms with Gasteiger partial charge in [0.15, 0.2) is 6.10 Å². The smallest absolute Gasteiger partial charge is 0.347 e. The van der Waals surface area contributed by atoms with Crippen molar-refractivity contribution in [1.29, 1.82) is 0 Å². The quantitative estimate of drug-likeness (QED) is 0.785. The highest BCUT2D eigenvalue weighted by Crippen LogP contribution is 2.15. The SMILES string of the molecule is CCc1ccc(C(=O)OC2CCCCOC2=O)cc1. The minimum Gasteiger partial charge on any atom is -0.463 e. The lowest BCUT2D eigenvalue weighted by molar-refractivity contribution is -0.152. The zero-order valence-electron chi connectivity index (χ0n) is 11.1. The van der Waals surface area contributed by atoms with Crippen molar-refractivity contribution in [3.05, 3.63) is 35.4 Å². The maximum atomic E-state index is 11.9. The first-order chi connectivity index (χ1) is 9.20. The Hall–Kier alpha value is -1.84. The topological polar surface area (TPSA) is 52.6 Å². The van der Waals surface area contributed by atoms with Crippen molar-refractivity contribution in [2.24, 2.45) is 0 Å². The summed E-state index contributed by atoms with van der Waals surface area (Å²) in [6.07, 6.45) is 2.35. The van der Waals surface area contributed by atoms with Gasteiger partial charge in [0.2, 0.25) is 0 Å². The van der Waals surface area contributed by atoms with Crippen molar-refractivity contribution in [3.63, 3.8) is 0 Å². The zero-order valence-corrected chi connectivity index (χ0v) is 11.1. The Kier molecular flexibility index (Phi) is 4.55. The van der Waals surface area contributed by atoms with Crippen LogP contribution in [-0.2, 0) is 20.7 Å². The van der Waals surface area contributed by atoms with Gasteiger partial charge in [-0.2, -0.15) is 0 Å². The molecule has 1 saturated heterocycles. The Bertz CT molecular complexity index is 450. The van der Waals surface area contributed by atoms with Crippen LogP contribution in [0.1, 0.15) is 42.1 Å². The first-order valence-corrected chi connectivity index (χ1v) is 6.67. The minimum atomic E-state index is -0.763. The summed E-state index contributed by atoms with van der Waals surface area (Å²) >= 11 is 0.